The van der Waals surface area contributed by atoms with Crippen molar-refractivity contribution in [2.24, 2.45) is 17.8 Å². The molecule has 1 aromatic rings. The quantitative estimate of drug-likeness (QED) is 0.353. The Hall–Kier alpha value is -1.81. The summed E-state index contributed by atoms with van der Waals surface area (Å²) in [6, 6.07) is 11.5. The molecule has 0 aliphatic heterocycles. The molecular weight excluding hydrogens is 338 g/mol. The molecule has 0 aromatic heterocycles. The van der Waals surface area contributed by atoms with Crippen LogP contribution < -0.4 is 0 Å². The van der Waals surface area contributed by atoms with Gasteiger partial charge in [0.15, 0.2) is 0 Å². The highest BCUT2D eigenvalue weighted by atomic mass is 14.3. The number of rotatable bonds is 7. The number of allylic oxidation sites excluding steroid dienone is 4. The fourth-order valence-electron chi connectivity index (χ4n) is 5.27. The summed E-state index contributed by atoms with van der Waals surface area (Å²) >= 11 is 0. The van der Waals surface area contributed by atoms with E-state index in [1.807, 2.05) is 12.1 Å². The van der Waals surface area contributed by atoms with Gasteiger partial charge in [0, 0.05) is 6.08 Å². The molecule has 2 fully saturated rings. The molecule has 2 saturated carbocycles. The molecule has 0 N–H and O–H groups in total. The van der Waals surface area contributed by atoms with E-state index in [1.54, 1.807) is 11.6 Å². The molecular formula is C27H37N. The predicted molar refractivity (Wildman–Crippen MR) is 119 cm³/mol. The summed E-state index contributed by atoms with van der Waals surface area (Å²) in [4.78, 5) is 0. The van der Waals surface area contributed by atoms with E-state index in [2.05, 4.69) is 43.3 Å². The van der Waals surface area contributed by atoms with E-state index in [9.17, 15) is 0 Å². The lowest BCUT2D eigenvalue weighted by atomic mass is 9.74. The van der Waals surface area contributed by atoms with Crippen molar-refractivity contribution in [1.29, 1.82) is 5.26 Å². The van der Waals surface area contributed by atoms with E-state index in [1.165, 1.54) is 69.8 Å². The Bertz CT molecular complexity index is 659. The summed E-state index contributed by atoms with van der Waals surface area (Å²) in [5.74, 6) is 3.46. The lowest BCUT2D eigenvalue weighted by Gasteiger charge is -2.31. The second kappa shape index (κ2) is 11.3. The molecule has 0 amide bonds. The van der Waals surface area contributed by atoms with Crippen molar-refractivity contribution in [2.45, 2.75) is 83.5 Å². The number of nitriles is 1. The van der Waals surface area contributed by atoms with Gasteiger partial charge in [0.25, 0.3) is 0 Å². The highest BCUT2D eigenvalue weighted by Gasteiger charge is 2.24. The Morgan fingerprint density at radius 3 is 2.04 bits per heavy atom. The third-order valence-corrected chi connectivity index (χ3v) is 7.25. The summed E-state index contributed by atoms with van der Waals surface area (Å²) in [5.41, 5.74) is 3.04. The van der Waals surface area contributed by atoms with Gasteiger partial charge in [0.1, 0.15) is 0 Å². The minimum Gasteiger partial charge on any atom is -0.193 e. The van der Waals surface area contributed by atoms with Crippen molar-refractivity contribution in [3.05, 3.63) is 59.7 Å². The monoisotopic (exact) mass is 375 g/mol. The van der Waals surface area contributed by atoms with Crippen LogP contribution >= 0.6 is 0 Å². The van der Waals surface area contributed by atoms with E-state index in [-0.39, 0.29) is 0 Å². The van der Waals surface area contributed by atoms with Gasteiger partial charge in [-0.3, -0.25) is 0 Å². The first-order chi connectivity index (χ1) is 13.8. The second-order valence-electron chi connectivity index (χ2n) is 9.04. The molecule has 0 saturated heterocycles. The molecule has 0 radical (unpaired) electrons. The summed E-state index contributed by atoms with van der Waals surface area (Å²) in [6.07, 6.45) is 22.9. The van der Waals surface area contributed by atoms with Crippen LogP contribution in [0.1, 0.15) is 88.2 Å². The van der Waals surface area contributed by atoms with Gasteiger partial charge in [-0.1, -0.05) is 62.3 Å². The summed E-state index contributed by atoms with van der Waals surface area (Å²) < 4.78 is 0. The maximum atomic E-state index is 8.53. The second-order valence-corrected chi connectivity index (χ2v) is 9.04. The third kappa shape index (κ3) is 6.37. The number of hydrogen-bond acceptors (Lipinski definition) is 1. The van der Waals surface area contributed by atoms with E-state index >= 15 is 0 Å². The zero-order chi connectivity index (χ0) is 19.6. The van der Waals surface area contributed by atoms with Gasteiger partial charge in [-0.05, 0) is 92.6 Å². The van der Waals surface area contributed by atoms with E-state index in [0.29, 0.717) is 0 Å². The molecule has 2 aliphatic carbocycles. The van der Waals surface area contributed by atoms with Gasteiger partial charge < -0.3 is 0 Å². The molecule has 150 valence electrons. The Morgan fingerprint density at radius 2 is 1.46 bits per heavy atom. The Labute approximate surface area is 172 Å². The molecule has 1 heteroatoms. The van der Waals surface area contributed by atoms with Crippen LogP contribution in [0, 0.1) is 29.1 Å². The van der Waals surface area contributed by atoms with Crippen molar-refractivity contribution in [1.82, 2.24) is 0 Å². The minimum absolute atomic E-state index is 0.731. The maximum Gasteiger partial charge on any atom is 0.0912 e. The standard InChI is InChI=1S/C27H37N/c1-2-22-13-17-26(18-14-22)27-19-15-25(16-20-27)12-11-24-9-7-23(8-10-24)6-4-3-5-21-28/h3-6,13-14,17-18,23-25,27H,2,7-12,15-16,19-20H2,1H3/b5-3+,6-4+. The highest BCUT2D eigenvalue weighted by Crippen LogP contribution is 2.40. The van der Waals surface area contributed by atoms with Gasteiger partial charge in [0.2, 0.25) is 0 Å². The van der Waals surface area contributed by atoms with Crippen LogP contribution in [0.2, 0.25) is 0 Å². The molecule has 0 heterocycles. The van der Waals surface area contributed by atoms with E-state index < -0.39 is 0 Å². The zero-order valence-electron chi connectivity index (χ0n) is 17.7. The van der Waals surface area contributed by atoms with Gasteiger partial charge in [0.05, 0.1) is 6.07 Å². The van der Waals surface area contributed by atoms with Crippen LogP contribution in [0.3, 0.4) is 0 Å². The van der Waals surface area contributed by atoms with Crippen molar-refractivity contribution in [2.75, 3.05) is 0 Å². The van der Waals surface area contributed by atoms with Crippen molar-refractivity contribution >= 4 is 0 Å². The molecule has 2 aliphatic rings. The first kappa shape index (κ1) is 20.9. The SMILES string of the molecule is CCc1ccc(C2CCC(CCC3CCC(/C=C/C=C/C#N)CC3)CC2)cc1. The van der Waals surface area contributed by atoms with Gasteiger partial charge in [-0.25, -0.2) is 0 Å². The van der Waals surface area contributed by atoms with E-state index in [4.69, 9.17) is 5.26 Å². The first-order valence-electron chi connectivity index (χ1n) is 11.6. The van der Waals surface area contributed by atoms with Crippen LogP contribution in [-0.4, -0.2) is 0 Å². The Balaban J connectivity index is 1.33. The van der Waals surface area contributed by atoms with Crippen LogP contribution in [0.15, 0.2) is 48.6 Å². The third-order valence-electron chi connectivity index (χ3n) is 7.25. The smallest absolute Gasteiger partial charge is 0.0912 e. The predicted octanol–water partition coefficient (Wildman–Crippen LogP) is 7.75. The number of hydrogen-bond donors (Lipinski definition) is 0. The van der Waals surface area contributed by atoms with Crippen LogP contribution in [-0.2, 0) is 6.42 Å². The van der Waals surface area contributed by atoms with Gasteiger partial charge in [-0.2, -0.15) is 5.26 Å². The van der Waals surface area contributed by atoms with Crippen LogP contribution in [0.25, 0.3) is 0 Å². The molecule has 0 atom stereocenters. The van der Waals surface area contributed by atoms with Crippen LogP contribution in [0.5, 0.6) is 0 Å². The summed E-state index contributed by atoms with van der Waals surface area (Å²) in [6.45, 7) is 2.23. The van der Waals surface area contributed by atoms with Gasteiger partial charge >= 0.3 is 0 Å². The lowest BCUT2D eigenvalue weighted by Crippen LogP contribution is -2.17. The fourth-order valence-corrected chi connectivity index (χ4v) is 5.27. The number of benzene rings is 1. The van der Waals surface area contributed by atoms with Crippen LogP contribution in [0.4, 0.5) is 0 Å². The van der Waals surface area contributed by atoms with Crippen molar-refractivity contribution in [3.63, 3.8) is 0 Å². The highest BCUT2D eigenvalue weighted by molar-refractivity contribution is 5.25. The van der Waals surface area contributed by atoms with Gasteiger partial charge in [-0.15, -0.1) is 0 Å². The normalized spacial score (nSPS) is 28.6. The Morgan fingerprint density at radius 1 is 0.857 bits per heavy atom. The van der Waals surface area contributed by atoms with Crippen molar-refractivity contribution in [3.8, 4) is 6.07 Å². The number of nitrogens with zero attached hydrogens (tertiary/aromatic N) is 1. The van der Waals surface area contributed by atoms with E-state index in [0.717, 1.165) is 30.1 Å². The van der Waals surface area contributed by atoms with Crippen molar-refractivity contribution < 1.29 is 0 Å². The Kier molecular flexibility index (Phi) is 8.41. The topological polar surface area (TPSA) is 23.8 Å². The molecule has 3 rings (SSSR count). The molecule has 1 aromatic carbocycles. The molecule has 1 nitrogen and oxygen atoms in total. The average Bonchev–Trinajstić information content (AvgIpc) is 2.76. The molecule has 0 unspecified atom stereocenters. The largest absolute Gasteiger partial charge is 0.193 e. The fraction of sp³-hybridized carbons (Fsp3) is 0.593. The maximum absolute atomic E-state index is 8.53. The molecule has 0 spiro atoms. The lowest BCUT2D eigenvalue weighted by molar-refractivity contribution is 0.246. The number of aryl methyl sites for hydroxylation is 1. The molecule has 0 bridgehead atoms. The zero-order valence-corrected chi connectivity index (χ0v) is 17.7. The summed E-state index contributed by atoms with van der Waals surface area (Å²) in [5, 5.41) is 8.53. The minimum atomic E-state index is 0.731. The first-order valence-corrected chi connectivity index (χ1v) is 11.6. The molecule has 28 heavy (non-hydrogen) atoms. The average molecular weight is 376 g/mol. The summed E-state index contributed by atoms with van der Waals surface area (Å²) in [7, 11) is 0.